The number of ether oxygens (including phenoxy) is 1. The van der Waals surface area contributed by atoms with Gasteiger partial charge in [-0.1, -0.05) is 0 Å². The van der Waals surface area contributed by atoms with Crippen LogP contribution in [0.5, 0.6) is 0 Å². The SMILES string of the molecule is O=S(=O)(O)O[C@H]1C(CO)OC(O)[C@@H](O)[C@H]1O. The van der Waals surface area contributed by atoms with Crippen LogP contribution in [0.1, 0.15) is 0 Å². The quantitative estimate of drug-likeness (QED) is 0.327. The smallest absolute Gasteiger partial charge is 0.394 e. The Bertz CT molecular complexity index is 325. The Balaban J connectivity index is 2.85. The third kappa shape index (κ3) is 3.09. The number of aliphatic hydroxyl groups is 4. The van der Waals surface area contributed by atoms with Crippen molar-refractivity contribution in [2.45, 2.75) is 30.7 Å². The van der Waals surface area contributed by atoms with Crippen molar-refractivity contribution in [2.24, 2.45) is 0 Å². The van der Waals surface area contributed by atoms with Crippen molar-refractivity contribution < 1.29 is 42.3 Å². The fourth-order valence-corrected chi connectivity index (χ4v) is 1.84. The molecule has 0 aliphatic carbocycles. The number of hydrogen-bond donors (Lipinski definition) is 5. The van der Waals surface area contributed by atoms with Crippen LogP contribution in [0.15, 0.2) is 0 Å². The predicted molar refractivity (Wildman–Crippen MR) is 46.4 cm³/mol. The van der Waals surface area contributed by atoms with Gasteiger partial charge in [0.15, 0.2) is 6.29 Å². The number of rotatable bonds is 3. The lowest BCUT2D eigenvalue weighted by atomic mass is 9.99. The summed E-state index contributed by atoms with van der Waals surface area (Å²) in [6, 6.07) is 0. The first-order valence-electron chi connectivity index (χ1n) is 4.22. The molecular weight excluding hydrogens is 248 g/mol. The molecule has 0 aromatic carbocycles. The van der Waals surface area contributed by atoms with Gasteiger partial charge in [0, 0.05) is 0 Å². The van der Waals surface area contributed by atoms with Crippen LogP contribution in [0.2, 0.25) is 0 Å². The van der Waals surface area contributed by atoms with Crippen LogP contribution in [-0.4, -0.2) is 70.7 Å². The predicted octanol–water partition coefficient (Wildman–Crippen LogP) is -3.39. The van der Waals surface area contributed by atoms with E-state index in [9.17, 15) is 13.5 Å². The topological polar surface area (TPSA) is 154 Å². The van der Waals surface area contributed by atoms with Crippen molar-refractivity contribution in [1.82, 2.24) is 0 Å². The van der Waals surface area contributed by atoms with E-state index >= 15 is 0 Å². The zero-order chi connectivity index (χ0) is 12.5. The van der Waals surface area contributed by atoms with E-state index in [4.69, 9.17) is 19.9 Å². The molecule has 96 valence electrons. The molecule has 0 radical (unpaired) electrons. The van der Waals surface area contributed by atoms with E-state index in [1.54, 1.807) is 0 Å². The second-order valence-corrected chi connectivity index (χ2v) is 4.27. The van der Waals surface area contributed by atoms with Gasteiger partial charge in [0.1, 0.15) is 24.4 Å². The van der Waals surface area contributed by atoms with Gasteiger partial charge in [-0.15, -0.1) is 0 Å². The summed E-state index contributed by atoms with van der Waals surface area (Å²) in [5.74, 6) is 0. The maximum absolute atomic E-state index is 10.4. The van der Waals surface area contributed by atoms with Crippen LogP contribution in [0.25, 0.3) is 0 Å². The Kier molecular flexibility index (Phi) is 4.20. The summed E-state index contributed by atoms with van der Waals surface area (Å²) in [7, 11) is -4.88. The van der Waals surface area contributed by atoms with Gasteiger partial charge < -0.3 is 25.2 Å². The standard InChI is InChI=1S/C6H12O9S/c7-1-2-5(15-16(11,12)13)3(8)4(9)6(10)14-2/h2-10H,1H2,(H,11,12,13)/t2?,3-,4+,5+,6?/m1/s1. The fourth-order valence-electron chi connectivity index (χ4n) is 1.33. The minimum atomic E-state index is -4.88. The molecule has 16 heavy (non-hydrogen) atoms. The van der Waals surface area contributed by atoms with E-state index in [1.807, 2.05) is 0 Å². The zero-order valence-electron chi connectivity index (χ0n) is 7.87. The second kappa shape index (κ2) is 4.89. The molecule has 0 amide bonds. The van der Waals surface area contributed by atoms with Crippen LogP contribution in [-0.2, 0) is 19.3 Å². The first kappa shape index (κ1) is 13.7. The Morgan fingerprint density at radius 2 is 1.75 bits per heavy atom. The van der Waals surface area contributed by atoms with Gasteiger partial charge >= 0.3 is 10.4 Å². The molecule has 10 heteroatoms. The molecule has 9 nitrogen and oxygen atoms in total. The van der Waals surface area contributed by atoms with E-state index in [1.165, 1.54) is 0 Å². The maximum Gasteiger partial charge on any atom is 0.397 e. The lowest BCUT2D eigenvalue weighted by Gasteiger charge is -2.38. The first-order chi connectivity index (χ1) is 7.26. The minimum absolute atomic E-state index is 0.777. The Hall–Kier alpha value is -0.330. The molecule has 0 spiro atoms. The Labute approximate surface area is 90.8 Å². The van der Waals surface area contributed by atoms with Gasteiger partial charge in [0.2, 0.25) is 0 Å². The van der Waals surface area contributed by atoms with Crippen molar-refractivity contribution in [3.63, 3.8) is 0 Å². The maximum atomic E-state index is 10.4. The highest BCUT2D eigenvalue weighted by molar-refractivity contribution is 7.80. The van der Waals surface area contributed by atoms with Gasteiger partial charge in [-0.25, -0.2) is 4.18 Å². The van der Waals surface area contributed by atoms with Crippen LogP contribution < -0.4 is 0 Å². The molecule has 1 saturated heterocycles. The van der Waals surface area contributed by atoms with E-state index in [2.05, 4.69) is 8.92 Å². The van der Waals surface area contributed by atoms with Crippen LogP contribution >= 0.6 is 0 Å². The van der Waals surface area contributed by atoms with E-state index in [0.717, 1.165) is 0 Å². The Morgan fingerprint density at radius 3 is 2.19 bits per heavy atom. The summed E-state index contributed by atoms with van der Waals surface area (Å²) >= 11 is 0. The molecular formula is C6H12O9S. The molecule has 0 aromatic rings. The summed E-state index contributed by atoms with van der Waals surface area (Å²) in [5, 5.41) is 36.4. The molecule has 0 aromatic heterocycles. The van der Waals surface area contributed by atoms with Crippen LogP contribution in [0, 0.1) is 0 Å². The van der Waals surface area contributed by atoms with Crippen molar-refractivity contribution in [3.05, 3.63) is 0 Å². The van der Waals surface area contributed by atoms with Gasteiger partial charge in [-0.05, 0) is 0 Å². The normalized spacial score (nSPS) is 40.9. The van der Waals surface area contributed by atoms with Crippen LogP contribution in [0.4, 0.5) is 0 Å². The summed E-state index contributed by atoms with van der Waals surface area (Å²) in [4.78, 5) is 0. The van der Waals surface area contributed by atoms with Gasteiger partial charge in [0.05, 0.1) is 6.61 Å². The average Bonchev–Trinajstić information content (AvgIpc) is 2.17. The molecule has 2 unspecified atom stereocenters. The lowest BCUT2D eigenvalue weighted by molar-refractivity contribution is -0.282. The largest absolute Gasteiger partial charge is 0.397 e. The van der Waals surface area contributed by atoms with E-state index < -0.39 is 47.7 Å². The molecule has 5 atom stereocenters. The summed E-state index contributed by atoms with van der Waals surface area (Å²) in [5.41, 5.74) is 0. The van der Waals surface area contributed by atoms with Crippen molar-refractivity contribution >= 4 is 10.4 Å². The lowest BCUT2D eigenvalue weighted by Crippen LogP contribution is -2.59. The summed E-state index contributed by atoms with van der Waals surface area (Å²) in [6.45, 7) is -0.777. The first-order valence-corrected chi connectivity index (χ1v) is 5.59. The van der Waals surface area contributed by atoms with Gasteiger partial charge in [-0.2, -0.15) is 8.42 Å². The van der Waals surface area contributed by atoms with Crippen molar-refractivity contribution in [2.75, 3.05) is 6.61 Å². The molecule has 1 heterocycles. The van der Waals surface area contributed by atoms with E-state index in [0.29, 0.717) is 0 Å². The highest BCUT2D eigenvalue weighted by Gasteiger charge is 2.46. The molecule has 1 rings (SSSR count). The molecule has 0 bridgehead atoms. The highest BCUT2D eigenvalue weighted by Crippen LogP contribution is 2.23. The highest BCUT2D eigenvalue weighted by atomic mass is 32.3. The zero-order valence-corrected chi connectivity index (χ0v) is 8.69. The summed E-state index contributed by atoms with van der Waals surface area (Å²) < 4.78 is 37.9. The van der Waals surface area contributed by atoms with Gasteiger partial charge in [0.25, 0.3) is 0 Å². The van der Waals surface area contributed by atoms with Crippen molar-refractivity contribution in [1.29, 1.82) is 0 Å². The number of aliphatic hydroxyl groups excluding tert-OH is 4. The Morgan fingerprint density at radius 1 is 1.19 bits per heavy atom. The second-order valence-electron chi connectivity index (χ2n) is 3.22. The average molecular weight is 260 g/mol. The molecule has 1 fully saturated rings. The third-order valence-electron chi connectivity index (χ3n) is 2.07. The molecule has 1 aliphatic heterocycles. The van der Waals surface area contributed by atoms with Gasteiger partial charge in [-0.3, -0.25) is 4.55 Å². The third-order valence-corrected chi connectivity index (χ3v) is 2.54. The molecule has 0 saturated carbocycles. The minimum Gasteiger partial charge on any atom is -0.394 e. The van der Waals surface area contributed by atoms with E-state index in [-0.39, 0.29) is 0 Å². The monoisotopic (exact) mass is 260 g/mol. The molecule has 5 N–H and O–H groups in total. The van der Waals surface area contributed by atoms with Crippen LogP contribution in [0.3, 0.4) is 0 Å². The summed E-state index contributed by atoms with van der Waals surface area (Å²) in [6.07, 6.45) is -8.53. The fraction of sp³-hybridized carbons (Fsp3) is 1.00. The molecule has 1 aliphatic rings. The number of hydrogen-bond acceptors (Lipinski definition) is 8. The van der Waals surface area contributed by atoms with Crippen molar-refractivity contribution in [3.8, 4) is 0 Å².